The van der Waals surface area contributed by atoms with Gasteiger partial charge in [-0.25, -0.2) is 13.6 Å². The molecule has 0 rings (SSSR count). The van der Waals surface area contributed by atoms with Gasteiger partial charge >= 0.3 is 0 Å². The molecule has 0 aliphatic rings. The molecule has 1 atom stereocenters. The number of hydrogen-bond acceptors (Lipinski definition) is 4. The smallest absolute Gasteiger partial charge is 0.182 e. The molecule has 0 aromatic rings. The van der Waals surface area contributed by atoms with E-state index in [1.165, 1.54) is 0 Å². The third-order valence-electron chi connectivity index (χ3n) is 0. The van der Waals surface area contributed by atoms with Crippen LogP contribution in [-0.4, -0.2) is 24.3 Å². The van der Waals surface area contributed by atoms with Gasteiger partial charge in [-0.15, -0.1) is 0 Å². The Hall–Kier alpha value is -0.210. The van der Waals surface area contributed by atoms with Crippen molar-refractivity contribution in [2.75, 3.05) is 0 Å². The highest BCUT2D eigenvalue weighted by molar-refractivity contribution is 7.83. The zero-order chi connectivity index (χ0) is 8.08. The minimum Gasteiger partial charge on any atom is -0.736 e. The highest BCUT2D eigenvalue weighted by Crippen LogP contribution is 1.49. The van der Waals surface area contributed by atoms with Gasteiger partial charge in [-0.3, -0.25) is 0 Å². The van der Waals surface area contributed by atoms with Crippen LogP contribution >= 0.6 is 0 Å². The standard InChI is InChI=1S/C2H7NO.H3NO3S/c1-2(3)4;1-5(2,3)4/h2,4H,3H2,1H3;(H3,1,2,3,4). The first kappa shape index (κ1) is 11.6. The summed E-state index contributed by atoms with van der Waals surface area (Å²) in [5.41, 5.74) is 3.19. The Morgan fingerprint density at radius 2 is 1.78 bits per heavy atom. The molecule has 0 bridgehead atoms. The molecule has 0 saturated carbocycles. The zero-order valence-corrected chi connectivity index (χ0v) is 5.76. The molecule has 0 amide bonds. The fourth-order valence-corrected chi connectivity index (χ4v) is 0. The molecule has 6 N–H and O–H groups in total. The van der Waals surface area contributed by atoms with Crippen LogP contribution in [0.2, 0.25) is 0 Å². The molecule has 0 saturated heterocycles. The van der Waals surface area contributed by atoms with E-state index in [9.17, 15) is 0 Å². The van der Waals surface area contributed by atoms with Gasteiger partial charge in [0.25, 0.3) is 0 Å². The summed E-state index contributed by atoms with van der Waals surface area (Å²) in [5.74, 6) is 0. The molecule has 9 heavy (non-hydrogen) atoms. The Bertz CT molecular complexity index is 128. The van der Waals surface area contributed by atoms with Crippen molar-refractivity contribution < 1.29 is 23.8 Å². The third kappa shape index (κ3) is 5920. The second kappa shape index (κ2) is 4.65. The first-order chi connectivity index (χ1) is 3.73. The lowest BCUT2D eigenvalue weighted by molar-refractivity contribution is -0.475. The molecule has 0 aliphatic heterocycles. The zero-order valence-electron chi connectivity index (χ0n) is 4.94. The van der Waals surface area contributed by atoms with E-state index in [0.717, 1.165) is 0 Å². The van der Waals surface area contributed by atoms with Crippen LogP contribution in [0.25, 0.3) is 0 Å². The quantitative estimate of drug-likeness (QED) is 0.255. The van der Waals surface area contributed by atoms with Gasteiger partial charge in [0.1, 0.15) is 0 Å². The van der Waals surface area contributed by atoms with Crippen LogP contribution in [0, 0.1) is 0 Å². The molecule has 58 valence electrons. The predicted molar refractivity (Wildman–Crippen MR) is 28.5 cm³/mol. The molecule has 0 heterocycles. The van der Waals surface area contributed by atoms with Crippen molar-refractivity contribution in [1.82, 2.24) is 0 Å². The summed E-state index contributed by atoms with van der Waals surface area (Å²) >= 11 is 0. The Balaban J connectivity index is 0. The van der Waals surface area contributed by atoms with Crippen LogP contribution in [0.5, 0.6) is 0 Å². The number of quaternary nitrogens is 1. The summed E-state index contributed by atoms with van der Waals surface area (Å²) in [4.78, 5) is 0. The molecule has 0 aliphatic carbocycles. The molecular formula is C2H10N2O4S. The fourth-order valence-electron chi connectivity index (χ4n) is 0. The van der Waals surface area contributed by atoms with Crippen molar-refractivity contribution in [3.63, 3.8) is 0 Å². The maximum absolute atomic E-state index is 8.85. The summed E-state index contributed by atoms with van der Waals surface area (Å²) in [6.07, 6.45) is -0.417. The number of hydrogen-bond donors (Lipinski definition) is 3. The third-order valence-corrected chi connectivity index (χ3v) is 0. The summed E-state index contributed by atoms with van der Waals surface area (Å²) < 4.78 is 26.6. The molecule has 0 fully saturated rings. The van der Waals surface area contributed by atoms with Gasteiger partial charge < -0.3 is 15.4 Å². The molecule has 0 aromatic carbocycles. The van der Waals surface area contributed by atoms with Gasteiger partial charge in [-0.1, -0.05) is 0 Å². The highest BCUT2D eigenvalue weighted by Gasteiger charge is 1.73. The van der Waals surface area contributed by atoms with Gasteiger partial charge in [0.2, 0.25) is 0 Å². The van der Waals surface area contributed by atoms with Gasteiger partial charge in [0.05, 0.1) is 0 Å². The van der Waals surface area contributed by atoms with Gasteiger partial charge in [-0.05, 0) is 0 Å². The van der Waals surface area contributed by atoms with Crippen molar-refractivity contribution in [3.8, 4) is 0 Å². The largest absolute Gasteiger partial charge is 0.736 e. The summed E-state index contributed by atoms with van der Waals surface area (Å²) in [6, 6.07) is 0. The molecule has 6 nitrogen and oxygen atoms in total. The number of nitrogens with two attached hydrogens (primary N) is 1. The maximum atomic E-state index is 8.85. The first-order valence-corrected chi connectivity index (χ1v) is 3.45. The normalized spacial score (nSPS) is 13.4. The van der Waals surface area contributed by atoms with Gasteiger partial charge in [0.15, 0.2) is 16.5 Å². The van der Waals surface area contributed by atoms with Crippen molar-refractivity contribution in [1.29, 1.82) is 0 Å². The average molecular weight is 158 g/mol. The summed E-state index contributed by atoms with van der Waals surface area (Å²) in [5, 5.41) is 11.7. The number of rotatable bonds is 0. The van der Waals surface area contributed by atoms with E-state index in [1.807, 2.05) is 0 Å². The monoisotopic (exact) mass is 158 g/mol. The lowest BCUT2D eigenvalue weighted by Gasteiger charge is -1.90. The van der Waals surface area contributed by atoms with E-state index in [1.54, 1.807) is 6.92 Å². The van der Waals surface area contributed by atoms with Gasteiger partial charge in [0, 0.05) is 6.92 Å². The van der Waals surface area contributed by atoms with Crippen LogP contribution in [0.3, 0.4) is 0 Å². The SMILES string of the molecule is CC([NH3+])O.NS(=O)(=O)[O-]. The number of aliphatic hydroxyl groups excluding tert-OH is 1. The lowest BCUT2D eigenvalue weighted by atomic mass is 10.7. The second-order valence-corrected chi connectivity index (χ2v) is 2.33. The molecular weight excluding hydrogens is 148 g/mol. The molecule has 1 unspecified atom stereocenters. The van der Waals surface area contributed by atoms with E-state index in [0.29, 0.717) is 0 Å². The van der Waals surface area contributed by atoms with Crippen molar-refractivity contribution >= 4 is 10.3 Å². The highest BCUT2D eigenvalue weighted by atomic mass is 32.2. The van der Waals surface area contributed by atoms with E-state index in [2.05, 4.69) is 10.9 Å². The van der Waals surface area contributed by atoms with E-state index >= 15 is 0 Å². The molecule has 0 radical (unpaired) electrons. The van der Waals surface area contributed by atoms with Crippen LogP contribution < -0.4 is 10.9 Å². The van der Waals surface area contributed by atoms with Crippen molar-refractivity contribution in [2.24, 2.45) is 5.14 Å². The van der Waals surface area contributed by atoms with E-state index < -0.39 is 16.5 Å². The lowest BCUT2D eigenvalue weighted by Crippen LogP contribution is -2.58. The Labute approximate surface area is 53.3 Å². The Morgan fingerprint density at radius 1 is 1.78 bits per heavy atom. The average Bonchev–Trinajstić information content (AvgIpc) is 1.19. The second-order valence-electron chi connectivity index (χ2n) is 1.34. The van der Waals surface area contributed by atoms with Crippen LogP contribution in [0.1, 0.15) is 6.92 Å². The maximum Gasteiger partial charge on any atom is 0.182 e. The van der Waals surface area contributed by atoms with E-state index in [-0.39, 0.29) is 0 Å². The molecule has 0 spiro atoms. The van der Waals surface area contributed by atoms with Crippen molar-refractivity contribution in [3.05, 3.63) is 0 Å². The minimum atomic E-state index is -4.42. The Morgan fingerprint density at radius 3 is 1.78 bits per heavy atom. The van der Waals surface area contributed by atoms with Crippen LogP contribution in [0.15, 0.2) is 0 Å². The molecule has 7 heteroatoms. The van der Waals surface area contributed by atoms with Crippen LogP contribution in [0.4, 0.5) is 0 Å². The Kier molecular flexibility index (Phi) is 5.98. The minimum absolute atomic E-state index is 0.417. The fraction of sp³-hybridized carbons (Fsp3) is 1.00. The number of aliphatic hydroxyl groups is 1. The summed E-state index contributed by atoms with van der Waals surface area (Å²) in [6.45, 7) is 1.61. The van der Waals surface area contributed by atoms with E-state index in [4.69, 9.17) is 18.1 Å². The predicted octanol–water partition coefficient (Wildman–Crippen LogP) is -3.03. The first-order valence-electron chi connectivity index (χ1n) is 1.98. The summed E-state index contributed by atoms with van der Waals surface area (Å²) in [7, 11) is -4.42. The van der Waals surface area contributed by atoms with Crippen molar-refractivity contribution in [2.45, 2.75) is 13.2 Å². The molecule has 0 aromatic heterocycles. The topological polar surface area (TPSA) is 131 Å². The van der Waals surface area contributed by atoms with Crippen LogP contribution in [-0.2, 0) is 10.3 Å². The van der Waals surface area contributed by atoms with Gasteiger partial charge in [-0.2, -0.15) is 0 Å².